The lowest BCUT2D eigenvalue weighted by atomic mass is 10.1. The average molecular weight is 527 g/mol. The van der Waals surface area contributed by atoms with E-state index in [0.29, 0.717) is 16.1 Å². The van der Waals surface area contributed by atoms with E-state index in [9.17, 15) is 22.4 Å². The highest BCUT2D eigenvalue weighted by molar-refractivity contribution is 6.32. The molecule has 4 rings (SSSR count). The van der Waals surface area contributed by atoms with Crippen LogP contribution >= 0.6 is 23.2 Å². The minimum absolute atomic E-state index is 0.00303. The van der Waals surface area contributed by atoms with Gasteiger partial charge in [0.25, 0.3) is 5.76 Å². The van der Waals surface area contributed by atoms with Crippen LogP contribution in [0.5, 0.6) is 17.2 Å². The Morgan fingerprint density at radius 3 is 2.29 bits per heavy atom. The molecule has 35 heavy (non-hydrogen) atoms. The molecule has 0 radical (unpaired) electrons. The summed E-state index contributed by atoms with van der Waals surface area (Å²) in [6.45, 7) is 3.03. The van der Waals surface area contributed by atoms with Gasteiger partial charge in [0, 0.05) is 16.7 Å². The van der Waals surface area contributed by atoms with Crippen molar-refractivity contribution in [2.45, 2.75) is 26.6 Å². The van der Waals surface area contributed by atoms with Gasteiger partial charge in [-0.2, -0.15) is 13.2 Å². The Kier molecular flexibility index (Phi) is 6.71. The van der Waals surface area contributed by atoms with Gasteiger partial charge in [0.2, 0.25) is 11.2 Å². The fourth-order valence-corrected chi connectivity index (χ4v) is 3.76. The molecule has 0 aliphatic heterocycles. The topological polar surface area (TPSA) is 48.7 Å². The molecule has 0 atom stereocenters. The number of ether oxygens (including phenoxy) is 2. The maximum Gasteiger partial charge on any atom is 0.453 e. The molecular formula is C25H16Cl2F4O4. The van der Waals surface area contributed by atoms with Crippen LogP contribution in [0.3, 0.4) is 0 Å². The van der Waals surface area contributed by atoms with Gasteiger partial charge in [0.05, 0.1) is 10.4 Å². The van der Waals surface area contributed by atoms with Crippen LogP contribution in [-0.2, 0) is 12.8 Å². The van der Waals surface area contributed by atoms with Gasteiger partial charge in [-0.05, 0) is 61.4 Å². The number of hydrogen-bond acceptors (Lipinski definition) is 4. The molecule has 4 nitrogen and oxygen atoms in total. The zero-order valence-electron chi connectivity index (χ0n) is 18.2. The second-order valence-electron chi connectivity index (χ2n) is 7.71. The van der Waals surface area contributed by atoms with Crippen LogP contribution < -0.4 is 14.9 Å². The van der Waals surface area contributed by atoms with E-state index >= 15 is 0 Å². The molecule has 4 aromatic rings. The van der Waals surface area contributed by atoms with Crippen molar-refractivity contribution in [2.75, 3.05) is 0 Å². The van der Waals surface area contributed by atoms with Gasteiger partial charge in [0.1, 0.15) is 29.5 Å². The molecule has 0 unspecified atom stereocenters. The summed E-state index contributed by atoms with van der Waals surface area (Å²) in [4.78, 5) is 13.0. The predicted octanol–water partition coefficient (Wildman–Crippen LogP) is 8.25. The van der Waals surface area contributed by atoms with Crippen LogP contribution in [0.4, 0.5) is 17.6 Å². The lowest BCUT2D eigenvalue weighted by molar-refractivity contribution is -0.154. The van der Waals surface area contributed by atoms with Crippen molar-refractivity contribution in [3.8, 4) is 17.2 Å². The molecule has 0 saturated heterocycles. The normalized spacial score (nSPS) is 11.7. The summed E-state index contributed by atoms with van der Waals surface area (Å²) >= 11 is 12.1. The van der Waals surface area contributed by atoms with Gasteiger partial charge >= 0.3 is 6.18 Å². The number of benzene rings is 3. The van der Waals surface area contributed by atoms with E-state index in [2.05, 4.69) is 0 Å². The Bertz CT molecular complexity index is 1450. The van der Waals surface area contributed by atoms with E-state index in [1.54, 1.807) is 13.8 Å². The largest absolute Gasteiger partial charge is 0.489 e. The first-order valence-corrected chi connectivity index (χ1v) is 10.9. The standard InChI is InChI=1S/C25H16Cl2F4O4/c1-12-8-15(9-13(2)21(12)27)34-23-22(32)16-7-6-14(10-20(16)35-24(23)25(29,30)31)33-11-17-18(26)4-3-5-19(17)28/h3-10H,11H2,1-2H3. The van der Waals surface area contributed by atoms with Crippen molar-refractivity contribution < 1.29 is 31.5 Å². The number of halogens is 6. The third kappa shape index (κ3) is 5.09. The summed E-state index contributed by atoms with van der Waals surface area (Å²) in [5.74, 6) is -3.15. The van der Waals surface area contributed by atoms with Crippen LogP contribution in [0.25, 0.3) is 11.0 Å². The number of hydrogen-bond donors (Lipinski definition) is 0. The first-order chi connectivity index (χ1) is 16.5. The number of alkyl halides is 3. The fraction of sp³-hybridized carbons (Fsp3) is 0.160. The minimum atomic E-state index is -5.03. The lowest BCUT2D eigenvalue weighted by Gasteiger charge is -2.15. The summed E-state index contributed by atoms with van der Waals surface area (Å²) in [5, 5.41) is 0.404. The van der Waals surface area contributed by atoms with Gasteiger partial charge in [-0.25, -0.2) is 4.39 Å². The second-order valence-corrected chi connectivity index (χ2v) is 8.49. The monoisotopic (exact) mass is 526 g/mol. The van der Waals surface area contributed by atoms with Crippen molar-refractivity contribution in [3.05, 3.63) is 97.1 Å². The Hall–Kier alpha value is -3.23. The number of fused-ring (bicyclic) bond motifs is 1. The summed E-state index contributed by atoms with van der Waals surface area (Å²) in [6.07, 6.45) is -5.03. The van der Waals surface area contributed by atoms with E-state index in [1.807, 2.05) is 0 Å². The molecule has 0 fully saturated rings. The molecule has 3 aromatic carbocycles. The maximum atomic E-state index is 14.0. The lowest BCUT2D eigenvalue weighted by Crippen LogP contribution is -2.15. The molecule has 0 spiro atoms. The highest BCUT2D eigenvalue weighted by atomic mass is 35.5. The molecular weight excluding hydrogens is 511 g/mol. The van der Waals surface area contributed by atoms with E-state index in [-0.39, 0.29) is 39.7 Å². The van der Waals surface area contributed by atoms with E-state index < -0.39 is 28.9 Å². The zero-order valence-corrected chi connectivity index (χ0v) is 19.7. The molecule has 0 bridgehead atoms. The number of rotatable bonds is 5. The van der Waals surface area contributed by atoms with Crippen LogP contribution in [0.1, 0.15) is 22.5 Å². The maximum absolute atomic E-state index is 14.0. The third-order valence-electron chi connectivity index (χ3n) is 5.15. The molecule has 1 aromatic heterocycles. The van der Waals surface area contributed by atoms with Crippen LogP contribution in [0, 0.1) is 19.7 Å². The van der Waals surface area contributed by atoms with Crippen LogP contribution in [0.2, 0.25) is 10.0 Å². The molecule has 0 aliphatic carbocycles. The van der Waals surface area contributed by atoms with Crippen molar-refractivity contribution >= 4 is 34.2 Å². The zero-order chi connectivity index (χ0) is 25.5. The van der Waals surface area contributed by atoms with Gasteiger partial charge < -0.3 is 13.9 Å². The molecule has 0 amide bonds. The smallest absolute Gasteiger partial charge is 0.453 e. The van der Waals surface area contributed by atoms with Crippen LogP contribution in [0.15, 0.2) is 57.7 Å². The Labute approximate surface area is 206 Å². The molecule has 0 saturated carbocycles. The Morgan fingerprint density at radius 2 is 1.66 bits per heavy atom. The Morgan fingerprint density at radius 1 is 0.971 bits per heavy atom. The summed E-state index contributed by atoms with van der Waals surface area (Å²) < 4.78 is 71.4. The predicted molar refractivity (Wildman–Crippen MR) is 124 cm³/mol. The highest BCUT2D eigenvalue weighted by Crippen LogP contribution is 2.39. The molecule has 10 heteroatoms. The molecule has 0 N–H and O–H groups in total. The molecule has 182 valence electrons. The van der Waals surface area contributed by atoms with Gasteiger partial charge in [-0.15, -0.1) is 0 Å². The second kappa shape index (κ2) is 9.43. The number of aryl methyl sites for hydroxylation is 2. The van der Waals surface area contributed by atoms with Crippen molar-refractivity contribution in [1.29, 1.82) is 0 Å². The minimum Gasteiger partial charge on any atom is -0.489 e. The first-order valence-electron chi connectivity index (χ1n) is 10.1. The summed E-state index contributed by atoms with van der Waals surface area (Å²) in [7, 11) is 0. The summed E-state index contributed by atoms with van der Waals surface area (Å²) in [6, 6.07) is 10.6. The fourth-order valence-electron chi connectivity index (χ4n) is 3.43. The Balaban J connectivity index is 1.75. The van der Waals surface area contributed by atoms with Crippen molar-refractivity contribution in [2.24, 2.45) is 0 Å². The first kappa shape index (κ1) is 24.9. The van der Waals surface area contributed by atoms with Gasteiger partial charge in [-0.3, -0.25) is 4.79 Å². The SMILES string of the molecule is Cc1cc(Oc2c(C(F)(F)F)oc3cc(OCc4c(F)cccc4Cl)ccc3c2=O)cc(C)c1Cl. The van der Waals surface area contributed by atoms with Crippen molar-refractivity contribution in [3.63, 3.8) is 0 Å². The van der Waals surface area contributed by atoms with Gasteiger partial charge in [-0.1, -0.05) is 29.3 Å². The van der Waals surface area contributed by atoms with Crippen LogP contribution in [-0.4, -0.2) is 0 Å². The molecule has 0 aliphatic rings. The summed E-state index contributed by atoms with van der Waals surface area (Å²) in [5.41, 5.74) is -0.193. The quantitative estimate of drug-likeness (QED) is 0.245. The third-order valence-corrected chi connectivity index (χ3v) is 6.10. The van der Waals surface area contributed by atoms with Crippen molar-refractivity contribution in [1.82, 2.24) is 0 Å². The van der Waals surface area contributed by atoms with E-state index in [4.69, 9.17) is 37.1 Å². The van der Waals surface area contributed by atoms with Gasteiger partial charge in [0.15, 0.2) is 0 Å². The van der Waals surface area contributed by atoms with E-state index in [0.717, 1.165) is 6.07 Å². The molecule has 1 heterocycles. The average Bonchev–Trinajstić information content (AvgIpc) is 2.78. The highest BCUT2D eigenvalue weighted by Gasteiger charge is 2.40. The van der Waals surface area contributed by atoms with E-state index in [1.165, 1.54) is 42.5 Å².